The molecule has 94 valence electrons. The predicted molar refractivity (Wildman–Crippen MR) is 69.3 cm³/mol. The molecule has 1 aliphatic rings. The van der Waals surface area contributed by atoms with E-state index in [1.54, 1.807) is 0 Å². The van der Waals surface area contributed by atoms with Crippen LogP contribution in [-0.2, 0) is 4.79 Å². The summed E-state index contributed by atoms with van der Waals surface area (Å²) in [4.78, 5) is 11.3. The minimum atomic E-state index is -0.393. The van der Waals surface area contributed by atoms with E-state index in [0.29, 0.717) is 12.8 Å². The Morgan fingerprint density at radius 2 is 2.29 bits per heavy atom. The number of hydrogen-bond donors (Lipinski definition) is 1. The third-order valence-corrected chi connectivity index (χ3v) is 3.33. The van der Waals surface area contributed by atoms with Crippen LogP contribution in [0.5, 0.6) is 0 Å². The van der Waals surface area contributed by atoms with Crippen molar-refractivity contribution in [1.29, 1.82) is 0 Å². The Labute approximate surface area is 104 Å². The summed E-state index contributed by atoms with van der Waals surface area (Å²) in [6.07, 6.45) is 13.9. The maximum absolute atomic E-state index is 11.3. The van der Waals surface area contributed by atoms with Crippen molar-refractivity contribution >= 4 is 5.78 Å². The van der Waals surface area contributed by atoms with Gasteiger partial charge in [-0.1, -0.05) is 38.3 Å². The van der Waals surface area contributed by atoms with Crippen molar-refractivity contribution < 1.29 is 9.90 Å². The first-order valence-electron chi connectivity index (χ1n) is 6.51. The van der Waals surface area contributed by atoms with E-state index in [1.165, 1.54) is 0 Å². The minimum absolute atomic E-state index is 0.0293. The monoisotopic (exact) mass is 234 g/mol. The van der Waals surface area contributed by atoms with E-state index in [0.717, 1.165) is 25.7 Å². The van der Waals surface area contributed by atoms with Crippen molar-refractivity contribution in [3.63, 3.8) is 0 Å². The second-order valence-corrected chi connectivity index (χ2v) is 4.83. The van der Waals surface area contributed by atoms with Gasteiger partial charge in [-0.15, -0.1) is 12.3 Å². The van der Waals surface area contributed by atoms with E-state index in [4.69, 9.17) is 6.42 Å². The number of terminal acetylenes is 1. The smallest absolute Gasteiger partial charge is 0.134 e. The van der Waals surface area contributed by atoms with E-state index in [9.17, 15) is 9.90 Å². The Bertz CT molecular complexity index is 311. The summed E-state index contributed by atoms with van der Waals surface area (Å²) < 4.78 is 0. The summed E-state index contributed by atoms with van der Waals surface area (Å²) in [5.74, 6) is 3.07. The Balaban J connectivity index is 2.37. The molecule has 2 nitrogen and oxygen atoms in total. The Morgan fingerprint density at radius 1 is 1.53 bits per heavy atom. The first-order valence-corrected chi connectivity index (χ1v) is 6.51. The van der Waals surface area contributed by atoms with Gasteiger partial charge in [0.2, 0.25) is 0 Å². The van der Waals surface area contributed by atoms with Crippen LogP contribution in [-0.4, -0.2) is 17.0 Å². The van der Waals surface area contributed by atoms with Crippen LogP contribution < -0.4 is 0 Å². The van der Waals surface area contributed by atoms with Crippen molar-refractivity contribution in [2.24, 2.45) is 11.8 Å². The number of allylic oxidation sites excluding steroid dienone is 1. The molecule has 1 fully saturated rings. The molecule has 0 spiro atoms. The van der Waals surface area contributed by atoms with Gasteiger partial charge in [-0.3, -0.25) is 4.79 Å². The molecule has 0 aromatic heterocycles. The molecule has 0 aromatic carbocycles. The maximum atomic E-state index is 11.3. The normalized spacial score (nSPS) is 26.3. The summed E-state index contributed by atoms with van der Waals surface area (Å²) in [7, 11) is 0. The van der Waals surface area contributed by atoms with Gasteiger partial charge in [-0.25, -0.2) is 0 Å². The van der Waals surface area contributed by atoms with E-state index in [2.05, 4.69) is 12.8 Å². The van der Waals surface area contributed by atoms with Gasteiger partial charge in [0.1, 0.15) is 5.78 Å². The Hall–Kier alpha value is -1.07. The number of aliphatic hydroxyl groups is 1. The number of unbranched alkanes of at least 4 members (excludes halogenated alkanes) is 2. The lowest BCUT2D eigenvalue weighted by Crippen LogP contribution is -2.06. The lowest BCUT2D eigenvalue weighted by molar-refractivity contribution is -0.117. The molecular weight excluding hydrogens is 212 g/mol. The molecule has 1 aliphatic carbocycles. The molecule has 0 aromatic rings. The topological polar surface area (TPSA) is 37.3 Å². The number of rotatable bonds is 6. The number of ketones is 1. The van der Waals surface area contributed by atoms with Gasteiger partial charge < -0.3 is 5.11 Å². The van der Waals surface area contributed by atoms with Gasteiger partial charge in [0.25, 0.3) is 0 Å². The lowest BCUT2D eigenvalue weighted by atomic mass is 9.95. The van der Waals surface area contributed by atoms with Crippen LogP contribution in [0.2, 0.25) is 0 Å². The molecule has 0 amide bonds. The van der Waals surface area contributed by atoms with Crippen LogP contribution in [0.1, 0.15) is 45.4 Å². The molecule has 0 heterocycles. The molecule has 1 N–H and O–H groups in total. The number of hydrogen-bond acceptors (Lipinski definition) is 2. The zero-order valence-corrected chi connectivity index (χ0v) is 10.6. The van der Waals surface area contributed by atoms with Gasteiger partial charge in [0.15, 0.2) is 0 Å². The maximum Gasteiger partial charge on any atom is 0.134 e. The fraction of sp³-hybridized carbons (Fsp3) is 0.667. The van der Waals surface area contributed by atoms with Crippen LogP contribution in [0.4, 0.5) is 0 Å². The van der Waals surface area contributed by atoms with Crippen LogP contribution >= 0.6 is 0 Å². The molecule has 0 unspecified atom stereocenters. The highest BCUT2D eigenvalue weighted by molar-refractivity contribution is 5.82. The summed E-state index contributed by atoms with van der Waals surface area (Å²) in [5, 5.41) is 9.74. The lowest BCUT2D eigenvalue weighted by Gasteiger charge is -2.09. The Morgan fingerprint density at radius 3 is 2.94 bits per heavy atom. The zero-order chi connectivity index (χ0) is 12.7. The average Bonchev–Trinajstić information content (AvgIpc) is 2.67. The summed E-state index contributed by atoms with van der Waals surface area (Å²) in [6, 6.07) is 0. The van der Waals surface area contributed by atoms with E-state index < -0.39 is 6.10 Å². The molecular formula is C15H22O2. The largest absolute Gasteiger partial charge is 0.389 e. The van der Waals surface area contributed by atoms with E-state index >= 15 is 0 Å². The molecule has 3 atom stereocenters. The summed E-state index contributed by atoms with van der Waals surface area (Å²) >= 11 is 0. The molecule has 0 saturated heterocycles. The van der Waals surface area contributed by atoms with Crippen molar-refractivity contribution in [3.8, 4) is 12.3 Å². The zero-order valence-electron chi connectivity index (χ0n) is 10.6. The molecule has 1 rings (SSSR count). The first-order chi connectivity index (χ1) is 8.17. The SMILES string of the molecule is C#C[C@@H]1CC(=O)C[C@H]1C=C[C@H](O)CCCCC. The van der Waals surface area contributed by atoms with Crippen molar-refractivity contribution in [2.75, 3.05) is 0 Å². The van der Waals surface area contributed by atoms with Crippen molar-refractivity contribution in [3.05, 3.63) is 12.2 Å². The van der Waals surface area contributed by atoms with Gasteiger partial charge in [-0.2, -0.15) is 0 Å². The van der Waals surface area contributed by atoms with Gasteiger partial charge >= 0.3 is 0 Å². The second-order valence-electron chi connectivity index (χ2n) is 4.83. The molecule has 1 saturated carbocycles. The van der Waals surface area contributed by atoms with Crippen LogP contribution in [0.25, 0.3) is 0 Å². The highest BCUT2D eigenvalue weighted by Crippen LogP contribution is 2.29. The quantitative estimate of drug-likeness (QED) is 0.436. The number of carbonyl (C=O) groups is 1. The average molecular weight is 234 g/mol. The molecule has 17 heavy (non-hydrogen) atoms. The van der Waals surface area contributed by atoms with E-state index in [1.807, 2.05) is 12.2 Å². The van der Waals surface area contributed by atoms with Gasteiger partial charge in [-0.05, 0) is 12.3 Å². The van der Waals surface area contributed by atoms with Crippen LogP contribution in [0.15, 0.2) is 12.2 Å². The molecule has 0 bridgehead atoms. The third-order valence-electron chi connectivity index (χ3n) is 3.33. The molecule has 0 aliphatic heterocycles. The number of Topliss-reactive ketones (excluding diaryl/α,β-unsaturated/α-hetero) is 1. The summed E-state index contributed by atoms with van der Waals surface area (Å²) in [6.45, 7) is 2.14. The molecule has 2 heteroatoms. The van der Waals surface area contributed by atoms with Crippen molar-refractivity contribution in [2.45, 2.75) is 51.6 Å². The fourth-order valence-electron chi connectivity index (χ4n) is 2.24. The van der Waals surface area contributed by atoms with Crippen LogP contribution in [0, 0.1) is 24.2 Å². The fourth-order valence-corrected chi connectivity index (χ4v) is 2.24. The minimum Gasteiger partial charge on any atom is -0.389 e. The first kappa shape index (κ1) is 14.0. The predicted octanol–water partition coefficient (Wildman–Crippen LogP) is 2.71. The second kappa shape index (κ2) is 7.29. The highest BCUT2D eigenvalue weighted by atomic mass is 16.3. The third kappa shape index (κ3) is 4.75. The highest BCUT2D eigenvalue weighted by Gasteiger charge is 2.29. The Kier molecular flexibility index (Phi) is 6.00. The molecule has 0 radical (unpaired) electrons. The standard InChI is InChI=1S/C15H22O2/c1-3-5-6-7-14(16)9-8-13-11-15(17)10-12(13)4-2/h2,8-9,12-14,16H,3,5-7,10-11H2,1H3/t12-,13-,14-/m1/s1. The summed E-state index contributed by atoms with van der Waals surface area (Å²) in [5.41, 5.74) is 0. The van der Waals surface area contributed by atoms with Gasteiger partial charge in [0, 0.05) is 18.8 Å². The number of aliphatic hydroxyl groups excluding tert-OH is 1. The van der Waals surface area contributed by atoms with E-state index in [-0.39, 0.29) is 17.6 Å². The van der Waals surface area contributed by atoms with Crippen LogP contribution in [0.3, 0.4) is 0 Å². The number of carbonyl (C=O) groups excluding carboxylic acids is 1. The van der Waals surface area contributed by atoms with Gasteiger partial charge in [0.05, 0.1) is 6.10 Å². The van der Waals surface area contributed by atoms with Crippen molar-refractivity contribution in [1.82, 2.24) is 0 Å².